The fraction of sp³-hybridized carbons (Fsp3) is 0.318. The van der Waals surface area contributed by atoms with E-state index in [4.69, 9.17) is 28.2 Å². The molecule has 1 heterocycles. The minimum Gasteiger partial charge on any atom is -0.245 e. The van der Waals surface area contributed by atoms with E-state index < -0.39 is 0 Å². The van der Waals surface area contributed by atoms with Crippen LogP contribution in [0.4, 0.5) is 0 Å². The maximum absolute atomic E-state index is 6.11. The monoisotopic (exact) mass is 435 g/mol. The second-order valence-electron chi connectivity index (χ2n) is 7.68. The van der Waals surface area contributed by atoms with Crippen molar-refractivity contribution in [3.05, 3.63) is 79.2 Å². The van der Waals surface area contributed by atoms with Crippen LogP contribution in [-0.2, 0) is 17.6 Å². The van der Waals surface area contributed by atoms with Gasteiger partial charge in [0.05, 0.1) is 20.7 Å². The Hall–Kier alpha value is -1.00. The normalized spacial score (nSPS) is 11.8. The Morgan fingerprint density at radius 3 is 2.52 bits per heavy atom. The Bertz CT molecular complexity index is 942. The quantitative estimate of drug-likeness (QED) is 0.377. The highest BCUT2D eigenvalue weighted by Crippen LogP contribution is 2.32. The zero-order chi connectivity index (χ0) is 19.6. The molecule has 0 unspecified atom stereocenters. The first-order valence-corrected chi connectivity index (χ1v) is 11.5. The van der Waals surface area contributed by atoms with Gasteiger partial charge in [-0.2, -0.15) is 0 Å². The molecular weight excluding hydrogens is 413 g/mol. The van der Waals surface area contributed by atoms with Crippen LogP contribution in [0.3, 0.4) is 0 Å². The van der Waals surface area contributed by atoms with Crippen molar-refractivity contribution >= 4 is 46.3 Å². The molecule has 0 atom stereocenters. The molecule has 3 rings (SSSR count). The van der Waals surface area contributed by atoms with Crippen molar-refractivity contribution in [2.24, 2.45) is 0 Å². The smallest absolute Gasteiger partial charge is 0.0972 e. The van der Waals surface area contributed by atoms with E-state index in [0.717, 1.165) is 28.4 Å². The minimum atomic E-state index is 0.163. The van der Waals surface area contributed by atoms with Crippen molar-refractivity contribution in [3.8, 4) is 0 Å². The summed E-state index contributed by atoms with van der Waals surface area (Å²) in [5.74, 6) is 0.881. The number of hydrogen-bond donors (Lipinski definition) is 0. The third-order valence-electron chi connectivity index (χ3n) is 4.37. The van der Waals surface area contributed by atoms with Crippen LogP contribution in [0.15, 0.2) is 46.7 Å². The highest BCUT2D eigenvalue weighted by Gasteiger charge is 2.15. The van der Waals surface area contributed by atoms with E-state index in [1.165, 1.54) is 16.0 Å². The fourth-order valence-corrected chi connectivity index (χ4v) is 4.91. The molecule has 2 aromatic carbocycles. The van der Waals surface area contributed by atoms with Crippen molar-refractivity contribution in [1.82, 2.24) is 4.98 Å². The maximum Gasteiger partial charge on any atom is 0.0972 e. The molecule has 0 saturated heterocycles. The van der Waals surface area contributed by atoms with E-state index in [2.05, 4.69) is 51.3 Å². The molecule has 0 spiro atoms. The average molecular weight is 436 g/mol. The van der Waals surface area contributed by atoms with E-state index >= 15 is 0 Å². The Labute approximate surface area is 180 Å². The first-order chi connectivity index (χ1) is 12.7. The standard InChI is InChI=1S/C22H23Cl2NS2/c1-14-5-7-16(22(2,3)4)11-20(14)26-12-17-13-27-21(25-17)10-15-6-8-18(23)19(24)9-15/h5-9,11,13H,10,12H2,1-4H3. The van der Waals surface area contributed by atoms with Crippen LogP contribution >= 0.6 is 46.3 Å². The molecule has 1 nitrogen and oxygen atoms in total. The topological polar surface area (TPSA) is 12.9 Å². The number of benzene rings is 2. The summed E-state index contributed by atoms with van der Waals surface area (Å²) in [7, 11) is 0. The first-order valence-electron chi connectivity index (χ1n) is 8.83. The van der Waals surface area contributed by atoms with Gasteiger partial charge < -0.3 is 0 Å². The lowest BCUT2D eigenvalue weighted by atomic mass is 9.87. The summed E-state index contributed by atoms with van der Waals surface area (Å²) in [6.45, 7) is 8.93. The van der Waals surface area contributed by atoms with Gasteiger partial charge in [0.15, 0.2) is 0 Å². The third-order valence-corrected chi connectivity index (χ3v) is 7.20. The number of thiazole rings is 1. The van der Waals surface area contributed by atoms with Crippen LogP contribution < -0.4 is 0 Å². The number of thioether (sulfide) groups is 1. The average Bonchev–Trinajstić information content (AvgIpc) is 3.04. The summed E-state index contributed by atoms with van der Waals surface area (Å²) in [4.78, 5) is 6.13. The van der Waals surface area contributed by atoms with Gasteiger partial charge in [0.25, 0.3) is 0 Å². The Morgan fingerprint density at radius 2 is 1.81 bits per heavy atom. The molecule has 0 saturated carbocycles. The van der Waals surface area contributed by atoms with Crippen LogP contribution in [0.5, 0.6) is 0 Å². The minimum absolute atomic E-state index is 0.163. The van der Waals surface area contributed by atoms with Gasteiger partial charge in [-0.25, -0.2) is 4.98 Å². The third kappa shape index (κ3) is 5.51. The summed E-state index contributed by atoms with van der Waals surface area (Å²) >= 11 is 15.7. The van der Waals surface area contributed by atoms with Crippen LogP contribution in [0.1, 0.15) is 48.2 Å². The predicted octanol–water partition coefficient (Wildman–Crippen LogP) is 7.94. The van der Waals surface area contributed by atoms with Crippen LogP contribution in [0.25, 0.3) is 0 Å². The van der Waals surface area contributed by atoms with Crippen molar-refractivity contribution in [2.45, 2.75) is 50.2 Å². The lowest BCUT2D eigenvalue weighted by Crippen LogP contribution is -2.11. The molecule has 0 bridgehead atoms. The second-order valence-corrected chi connectivity index (χ2v) is 10.5. The van der Waals surface area contributed by atoms with E-state index in [-0.39, 0.29) is 5.41 Å². The molecule has 0 aliphatic carbocycles. The second kappa shape index (κ2) is 8.57. The van der Waals surface area contributed by atoms with E-state index in [1.807, 2.05) is 30.0 Å². The number of aromatic nitrogens is 1. The van der Waals surface area contributed by atoms with Gasteiger partial charge >= 0.3 is 0 Å². The van der Waals surface area contributed by atoms with Crippen molar-refractivity contribution in [2.75, 3.05) is 0 Å². The number of aryl methyl sites for hydroxylation is 1. The predicted molar refractivity (Wildman–Crippen MR) is 121 cm³/mol. The highest BCUT2D eigenvalue weighted by molar-refractivity contribution is 7.98. The van der Waals surface area contributed by atoms with Crippen LogP contribution in [-0.4, -0.2) is 4.98 Å². The van der Waals surface area contributed by atoms with Crippen molar-refractivity contribution < 1.29 is 0 Å². The van der Waals surface area contributed by atoms with Gasteiger partial charge in [-0.05, 0) is 47.2 Å². The number of halogens is 2. The van der Waals surface area contributed by atoms with Gasteiger partial charge in [-0.3, -0.25) is 0 Å². The van der Waals surface area contributed by atoms with Gasteiger partial charge in [-0.15, -0.1) is 23.1 Å². The summed E-state index contributed by atoms with van der Waals surface area (Å²) in [6.07, 6.45) is 0.782. The summed E-state index contributed by atoms with van der Waals surface area (Å²) in [6, 6.07) is 12.5. The molecule has 0 aliphatic heterocycles. The molecule has 0 aliphatic rings. The van der Waals surface area contributed by atoms with Crippen LogP contribution in [0, 0.1) is 6.92 Å². The molecule has 0 fully saturated rings. The van der Waals surface area contributed by atoms with Gasteiger partial charge in [0, 0.05) is 22.4 Å². The zero-order valence-corrected chi connectivity index (χ0v) is 19.1. The summed E-state index contributed by atoms with van der Waals surface area (Å²) in [5, 5.41) is 4.44. The van der Waals surface area contributed by atoms with Gasteiger partial charge in [0.1, 0.15) is 0 Å². The van der Waals surface area contributed by atoms with Gasteiger partial charge in [0.2, 0.25) is 0 Å². The Kier molecular flexibility index (Phi) is 6.58. The number of hydrogen-bond acceptors (Lipinski definition) is 3. The Morgan fingerprint density at radius 1 is 1.04 bits per heavy atom. The summed E-state index contributed by atoms with van der Waals surface area (Å²) in [5.41, 5.74) is 5.11. The molecule has 3 aromatic rings. The van der Waals surface area contributed by atoms with E-state index in [0.29, 0.717) is 10.0 Å². The van der Waals surface area contributed by atoms with Crippen molar-refractivity contribution in [1.29, 1.82) is 0 Å². The molecule has 27 heavy (non-hydrogen) atoms. The molecule has 0 N–H and O–H groups in total. The largest absolute Gasteiger partial charge is 0.245 e. The lowest BCUT2D eigenvalue weighted by Gasteiger charge is -2.20. The highest BCUT2D eigenvalue weighted by atomic mass is 35.5. The fourth-order valence-electron chi connectivity index (χ4n) is 2.69. The molecule has 1 aromatic heterocycles. The lowest BCUT2D eigenvalue weighted by molar-refractivity contribution is 0.588. The first kappa shape index (κ1) is 20.7. The molecule has 0 radical (unpaired) electrons. The van der Waals surface area contributed by atoms with Crippen molar-refractivity contribution in [3.63, 3.8) is 0 Å². The van der Waals surface area contributed by atoms with E-state index in [1.54, 1.807) is 11.3 Å². The summed E-state index contributed by atoms with van der Waals surface area (Å²) < 4.78 is 0. The van der Waals surface area contributed by atoms with Gasteiger partial charge in [-0.1, -0.05) is 62.2 Å². The number of rotatable bonds is 5. The van der Waals surface area contributed by atoms with E-state index in [9.17, 15) is 0 Å². The van der Waals surface area contributed by atoms with Crippen LogP contribution in [0.2, 0.25) is 10.0 Å². The number of nitrogens with zero attached hydrogens (tertiary/aromatic N) is 1. The molecular formula is C22H23Cl2NS2. The molecule has 142 valence electrons. The molecule has 5 heteroatoms. The Balaban J connectivity index is 1.67. The maximum atomic E-state index is 6.11. The molecule has 0 amide bonds. The SMILES string of the molecule is Cc1ccc(C(C)(C)C)cc1SCc1csc(Cc2ccc(Cl)c(Cl)c2)n1. The zero-order valence-electron chi connectivity index (χ0n) is 16.0.